The zero-order chi connectivity index (χ0) is 10.9. The fraction of sp³-hybridized carbons (Fsp3) is 0.750. The number of nitrogens with zero attached hydrogens (tertiary/aromatic N) is 1. The van der Waals surface area contributed by atoms with E-state index in [2.05, 4.69) is 17.4 Å². The SMILES string of the molecule is CCCCCCCNCc1cc(C)on1. The van der Waals surface area contributed by atoms with E-state index in [1.54, 1.807) is 0 Å². The van der Waals surface area contributed by atoms with E-state index in [1.165, 1.54) is 32.1 Å². The van der Waals surface area contributed by atoms with Gasteiger partial charge in [-0.05, 0) is 19.9 Å². The zero-order valence-corrected chi connectivity index (χ0v) is 9.88. The molecule has 0 aromatic carbocycles. The van der Waals surface area contributed by atoms with Gasteiger partial charge in [0.05, 0.1) is 5.69 Å². The Morgan fingerprint density at radius 2 is 2.07 bits per heavy atom. The predicted molar refractivity (Wildman–Crippen MR) is 61.7 cm³/mol. The van der Waals surface area contributed by atoms with Crippen LogP contribution in [-0.2, 0) is 6.54 Å². The molecule has 0 saturated heterocycles. The third-order valence-electron chi connectivity index (χ3n) is 2.44. The van der Waals surface area contributed by atoms with Gasteiger partial charge in [0.15, 0.2) is 0 Å². The van der Waals surface area contributed by atoms with Gasteiger partial charge < -0.3 is 9.84 Å². The molecule has 0 radical (unpaired) electrons. The second kappa shape index (κ2) is 7.46. The fourth-order valence-electron chi connectivity index (χ4n) is 1.57. The summed E-state index contributed by atoms with van der Waals surface area (Å²) in [7, 11) is 0. The lowest BCUT2D eigenvalue weighted by Crippen LogP contribution is -2.14. The smallest absolute Gasteiger partial charge is 0.133 e. The lowest BCUT2D eigenvalue weighted by molar-refractivity contribution is 0.388. The molecule has 1 heterocycles. The number of aryl methyl sites for hydroxylation is 1. The van der Waals surface area contributed by atoms with E-state index in [9.17, 15) is 0 Å². The normalized spacial score (nSPS) is 10.8. The summed E-state index contributed by atoms with van der Waals surface area (Å²) in [5.41, 5.74) is 1.00. The van der Waals surface area contributed by atoms with Crippen molar-refractivity contribution in [1.82, 2.24) is 10.5 Å². The quantitative estimate of drug-likeness (QED) is 0.670. The molecule has 0 aliphatic heterocycles. The Morgan fingerprint density at radius 3 is 2.73 bits per heavy atom. The monoisotopic (exact) mass is 210 g/mol. The van der Waals surface area contributed by atoms with E-state index in [4.69, 9.17) is 4.52 Å². The van der Waals surface area contributed by atoms with Crippen molar-refractivity contribution in [2.45, 2.75) is 52.5 Å². The summed E-state index contributed by atoms with van der Waals surface area (Å²) in [6.45, 7) is 6.06. The van der Waals surface area contributed by atoms with Crippen molar-refractivity contribution in [2.24, 2.45) is 0 Å². The highest BCUT2D eigenvalue weighted by molar-refractivity contribution is 5.02. The first-order chi connectivity index (χ1) is 7.33. The molecule has 0 unspecified atom stereocenters. The van der Waals surface area contributed by atoms with Gasteiger partial charge in [0.25, 0.3) is 0 Å². The summed E-state index contributed by atoms with van der Waals surface area (Å²) in [4.78, 5) is 0. The molecular weight excluding hydrogens is 188 g/mol. The van der Waals surface area contributed by atoms with Crippen LogP contribution in [0.1, 0.15) is 50.5 Å². The Kier molecular flexibility index (Phi) is 6.09. The van der Waals surface area contributed by atoms with Crippen molar-refractivity contribution >= 4 is 0 Å². The summed E-state index contributed by atoms with van der Waals surface area (Å²) in [6, 6.07) is 1.98. The highest BCUT2D eigenvalue weighted by Gasteiger charge is 1.98. The molecule has 1 aromatic rings. The second-order valence-electron chi connectivity index (χ2n) is 4.02. The zero-order valence-electron chi connectivity index (χ0n) is 9.88. The van der Waals surface area contributed by atoms with Crippen LogP contribution in [0.15, 0.2) is 10.6 Å². The highest BCUT2D eigenvalue weighted by atomic mass is 16.5. The van der Waals surface area contributed by atoms with Crippen molar-refractivity contribution in [3.8, 4) is 0 Å². The Balaban J connectivity index is 1.93. The Morgan fingerprint density at radius 1 is 1.27 bits per heavy atom. The van der Waals surface area contributed by atoms with E-state index in [1.807, 2.05) is 13.0 Å². The first-order valence-electron chi connectivity index (χ1n) is 5.96. The molecule has 0 amide bonds. The summed E-state index contributed by atoms with van der Waals surface area (Å²) in [6.07, 6.45) is 6.63. The van der Waals surface area contributed by atoms with Gasteiger partial charge in [-0.15, -0.1) is 0 Å². The minimum Gasteiger partial charge on any atom is -0.361 e. The van der Waals surface area contributed by atoms with Crippen molar-refractivity contribution in [2.75, 3.05) is 6.54 Å². The molecule has 15 heavy (non-hydrogen) atoms. The molecule has 0 aliphatic rings. The van der Waals surface area contributed by atoms with E-state index < -0.39 is 0 Å². The molecule has 0 fully saturated rings. The van der Waals surface area contributed by atoms with Crippen LogP contribution in [0.25, 0.3) is 0 Å². The van der Waals surface area contributed by atoms with Gasteiger partial charge in [0, 0.05) is 12.6 Å². The van der Waals surface area contributed by atoms with Gasteiger partial charge in [-0.25, -0.2) is 0 Å². The third-order valence-corrected chi connectivity index (χ3v) is 2.44. The van der Waals surface area contributed by atoms with Gasteiger partial charge in [-0.3, -0.25) is 0 Å². The van der Waals surface area contributed by atoms with Crippen LogP contribution >= 0.6 is 0 Å². The molecule has 3 heteroatoms. The summed E-state index contributed by atoms with van der Waals surface area (Å²) >= 11 is 0. The molecule has 0 bridgehead atoms. The molecule has 0 saturated carbocycles. The number of aromatic nitrogens is 1. The van der Waals surface area contributed by atoms with E-state index in [-0.39, 0.29) is 0 Å². The lowest BCUT2D eigenvalue weighted by Gasteiger charge is -2.01. The van der Waals surface area contributed by atoms with E-state index >= 15 is 0 Å². The maximum absolute atomic E-state index is 4.98. The van der Waals surface area contributed by atoms with Gasteiger partial charge in [0.2, 0.25) is 0 Å². The number of hydrogen-bond donors (Lipinski definition) is 1. The first kappa shape index (κ1) is 12.2. The molecule has 0 atom stereocenters. The molecule has 0 aliphatic carbocycles. The van der Waals surface area contributed by atoms with Crippen molar-refractivity contribution in [1.29, 1.82) is 0 Å². The molecular formula is C12H22N2O. The maximum Gasteiger partial charge on any atom is 0.133 e. The molecule has 86 valence electrons. The third kappa shape index (κ3) is 5.57. The van der Waals surface area contributed by atoms with Crippen molar-refractivity contribution in [3.05, 3.63) is 17.5 Å². The molecule has 1 N–H and O–H groups in total. The number of hydrogen-bond acceptors (Lipinski definition) is 3. The fourth-order valence-corrected chi connectivity index (χ4v) is 1.57. The largest absolute Gasteiger partial charge is 0.361 e. The topological polar surface area (TPSA) is 38.1 Å². The van der Waals surface area contributed by atoms with Gasteiger partial charge >= 0.3 is 0 Å². The Labute approximate surface area is 92.2 Å². The Hall–Kier alpha value is -0.830. The minimum atomic E-state index is 0.825. The maximum atomic E-state index is 4.98. The predicted octanol–water partition coefficient (Wildman–Crippen LogP) is 3.04. The first-order valence-corrected chi connectivity index (χ1v) is 5.96. The van der Waals surface area contributed by atoms with E-state index in [0.717, 1.165) is 24.5 Å². The van der Waals surface area contributed by atoms with Crippen LogP contribution in [0.3, 0.4) is 0 Å². The van der Waals surface area contributed by atoms with Crippen LogP contribution in [0.4, 0.5) is 0 Å². The van der Waals surface area contributed by atoms with Crippen LogP contribution < -0.4 is 5.32 Å². The van der Waals surface area contributed by atoms with Gasteiger partial charge in [-0.1, -0.05) is 37.8 Å². The molecule has 3 nitrogen and oxygen atoms in total. The number of unbranched alkanes of at least 4 members (excludes halogenated alkanes) is 4. The average molecular weight is 210 g/mol. The summed E-state index contributed by atoms with van der Waals surface area (Å²) in [5, 5.41) is 7.29. The standard InChI is InChI=1S/C12H22N2O/c1-3-4-5-6-7-8-13-10-12-9-11(2)15-14-12/h9,13H,3-8,10H2,1-2H3. The van der Waals surface area contributed by atoms with Crippen LogP contribution in [0, 0.1) is 6.92 Å². The van der Waals surface area contributed by atoms with Crippen molar-refractivity contribution < 1.29 is 4.52 Å². The van der Waals surface area contributed by atoms with E-state index in [0.29, 0.717) is 0 Å². The van der Waals surface area contributed by atoms with Crippen LogP contribution in [0.5, 0.6) is 0 Å². The molecule has 1 aromatic heterocycles. The molecule has 1 rings (SSSR count). The van der Waals surface area contributed by atoms with Gasteiger partial charge in [-0.2, -0.15) is 0 Å². The van der Waals surface area contributed by atoms with Crippen LogP contribution in [-0.4, -0.2) is 11.7 Å². The number of nitrogens with one attached hydrogen (secondary N) is 1. The summed E-state index contributed by atoms with van der Waals surface area (Å²) in [5.74, 6) is 0.884. The van der Waals surface area contributed by atoms with Crippen LogP contribution in [0.2, 0.25) is 0 Å². The Bertz CT molecular complexity index is 258. The number of rotatable bonds is 8. The molecule has 0 spiro atoms. The average Bonchev–Trinajstić information content (AvgIpc) is 2.63. The van der Waals surface area contributed by atoms with Gasteiger partial charge in [0.1, 0.15) is 5.76 Å². The second-order valence-corrected chi connectivity index (χ2v) is 4.02. The summed E-state index contributed by atoms with van der Waals surface area (Å²) < 4.78 is 4.98. The minimum absolute atomic E-state index is 0.825. The van der Waals surface area contributed by atoms with Crippen molar-refractivity contribution in [3.63, 3.8) is 0 Å². The lowest BCUT2D eigenvalue weighted by atomic mass is 10.1. The highest BCUT2D eigenvalue weighted by Crippen LogP contribution is 2.02.